The second-order valence-electron chi connectivity index (χ2n) is 5.87. The van der Waals surface area contributed by atoms with Crippen molar-refractivity contribution < 1.29 is 13.9 Å². The maximum absolute atomic E-state index is 13.0. The normalized spacial score (nSPS) is 10.8. The lowest BCUT2D eigenvalue weighted by Crippen LogP contribution is -2.04. The molecule has 0 saturated carbocycles. The molecule has 0 spiro atoms. The van der Waals surface area contributed by atoms with Crippen molar-refractivity contribution in [1.29, 1.82) is 0 Å². The highest BCUT2D eigenvalue weighted by molar-refractivity contribution is 6.03. The summed E-state index contributed by atoms with van der Waals surface area (Å²) in [7, 11) is 0. The zero-order valence-corrected chi connectivity index (χ0v) is 14.4. The molecule has 4 heteroatoms. The molecule has 3 rings (SSSR count). The molecule has 0 atom stereocenters. The van der Waals surface area contributed by atoms with Gasteiger partial charge in [-0.25, -0.2) is 4.39 Å². The first kappa shape index (κ1) is 17.1. The lowest BCUT2D eigenvalue weighted by Gasteiger charge is -2.12. The maximum atomic E-state index is 13.0. The molecule has 0 fully saturated rings. The van der Waals surface area contributed by atoms with Crippen LogP contribution < -0.4 is 4.74 Å². The van der Waals surface area contributed by atoms with Crippen molar-refractivity contribution >= 4 is 16.7 Å². The zero-order valence-electron chi connectivity index (χ0n) is 14.4. The average molecular weight is 337 g/mol. The third-order valence-corrected chi connectivity index (χ3v) is 4.09. The Labute approximate surface area is 146 Å². The van der Waals surface area contributed by atoms with Crippen LogP contribution in [0.1, 0.15) is 41.8 Å². The molecule has 0 bridgehead atoms. The van der Waals surface area contributed by atoms with Gasteiger partial charge in [0, 0.05) is 18.0 Å². The first-order valence-corrected chi connectivity index (χ1v) is 8.44. The van der Waals surface area contributed by atoms with Crippen molar-refractivity contribution in [3.8, 4) is 5.75 Å². The van der Waals surface area contributed by atoms with Crippen molar-refractivity contribution in [2.75, 3.05) is 6.61 Å². The number of pyridine rings is 1. The van der Waals surface area contributed by atoms with E-state index in [9.17, 15) is 9.18 Å². The Morgan fingerprint density at radius 3 is 2.52 bits per heavy atom. The minimum Gasteiger partial charge on any atom is -0.491 e. The Kier molecular flexibility index (Phi) is 5.08. The van der Waals surface area contributed by atoms with E-state index in [0.717, 1.165) is 16.5 Å². The summed E-state index contributed by atoms with van der Waals surface area (Å²) in [6, 6.07) is 12.2. The summed E-state index contributed by atoms with van der Waals surface area (Å²) in [5.74, 6) is 0.359. The van der Waals surface area contributed by atoms with E-state index in [4.69, 9.17) is 4.74 Å². The lowest BCUT2D eigenvalue weighted by atomic mass is 10.0. The number of aromatic nitrogens is 1. The van der Waals surface area contributed by atoms with Crippen LogP contribution in [0.5, 0.6) is 5.75 Å². The number of halogens is 1. The molecule has 0 aliphatic heterocycles. The first-order chi connectivity index (χ1) is 12.1. The lowest BCUT2D eigenvalue weighted by molar-refractivity contribution is 0.0984. The van der Waals surface area contributed by atoms with E-state index in [1.54, 1.807) is 18.3 Å². The number of carbonyl (C=O) groups excluding carboxylic acids is 1. The van der Waals surface area contributed by atoms with Crippen LogP contribution in [0.2, 0.25) is 0 Å². The molecule has 128 valence electrons. The van der Waals surface area contributed by atoms with Gasteiger partial charge in [0.1, 0.15) is 11.3 Å². The highest BCUT2D eigenvalue weighted by atomic mass is 19.1. The minimum absolute atomic E-state index is 0.0440. The van der Waals surface area contributed by atoms with E-state index in [0.29, 0.717) is 36.3 Å². The Bertz CT molecular complexity index is 904. The molecule has 0 radical (unpaired) electrons. The molecule has 1 heterocycles. The first-order valence-electron chi connectivity index (χ1n) is 8.44. The predicted molar refractivity (Wildman–Crippen MR) is 96.7 cm³/mol. The van der Waals surface area contributed by atoms with E-state index >= 15 is 0 Å². The number of rotatable bonds is 6. The molecule has 25 heavy (non-hydrogen) atoms. The number of ether oxygens (including phenoxy) is 1. The quantitative estimate of drug-likeness (QED) is 0.597. The van der Waals surface area contributed by atoms with Crippen molar-refractivity contribution in [3.05, 3.63) is 71.2 Å². The van der Waals surface area contributed by atoms with Crippen molar-refractivity contribution in [2.45, 2.75) is 26.7 Å². The SMILES string of the molecule is CCOc1c(C(=O)CC)ccc2cc(Cc3ccc(F)cc3)cnc12. The van der Waals surface area contributed by atoms with E-state index in [1.165, 1.54) is 12.1 Å². The van der Waals surface area contributed by atoms with Gasteiger partial charge < -0.3 is 4.74 Å². The second-order valence-corrected chi connectivity index (χ2v) is 5.87. The van der Waals surface area contributed by atoms with Gasteiger partial charge in [0.25, 0.3) is 0 Å². The fraction of sp³-hybridized carbons (Fsp3) is 0.238. The number of fused-ring (bicyclic) bond motifs is 1. The molecule has 0 N–H and O–H groups in total. The van der Waals surface area contributed by atoms with Gasteiger partial charge in [0.15, 0.2) is 11.5 Å². The number of ketones is 1. The molecule has 0 saturated heterocycles. The van der Waals surface area contributed by atoms with Gasteiger partial charge in [0.2, 0.25) is 0 Å². The number of hydrogen-bond acceptors (Lipinski definition) is 3. The van der Waals surface area contributed by atoms with Gasteiger partial charge in [-0.1, -0.05) is 25.1 Å². The number of carbonyl (C=O) groups is 1. The number of Topliss-reactive ketones (excluding diaryl/α,β-unsaturated/α-hetero) is 1. The highest BCUT2D eigenvalue weighted by Crippen LogP contribution is 2.30. The van der Waals surface area contributed by atoms with Crippen LogP contribution in [-0.4, -0.2) is 17.4 Å². The molecule has 0 amide bonds. The smallest absolute Gasteiger partial charge is 0.166 e. The van der Waals surface area contributed by atoms with Gasteiger partial charge in [-0.2, -0.15) is 0 Å². The molecule has 0 unspecified atom stereocenters. The number of benzene rings is 2. The summed E-state index contributed by atoms with van der Waals surface area (Å²) in [6.07, 6.45) is 2.88. The summed E-state index contributed by atoms with van der Waals surface area (Å²) in [5.41, 5.74) is 3.32. The molecule has 0 aliphatic carbocycles. The second kappa shape index (κ2) is 7.43. The van der Waals surface area contributed by atoms with Crippen molar-refractivity contribution in [3.63, 3.8) is 0 Å². The summed E-state index contributed by atoms with van der Waals surface area (Å²) < 4.78 is 18.7. The van der Waals surface area contributed by atoms with Crippen LogP contribution in [0.15, 0.2) is 48.7 Å². The van der Waals surface area contributed by atoms with E-state index in [-0.39, 0.29) is 11.6 Å². The number of nitrogens with zero attached hydrogens (tertiary/aromatic N) is 1. The zero-order chi connectivity index (χ0) is 17.8. The largest absolute Gasteiger partial charge is 0.491 e. The highest BCUT2D eigenvalue weighted by Gasteiger charge is 2.15. The minimum atomic E-state index is -0.241. The summed E-state index contributed by atoms with van der Waals surface area (Å²) in [4.78, 5) is 16.7. The van der Waals surface area contributed by atoms with Crippen molar-refractivity contribution in [2.24, 2.45) is 0 Å². The predicted octanol–water partition coefficient (Wildman–Crippen LogP) is 4.96. The molecular weight excluding hydrogens is 317 g/mol. The van der Waals surface area contributed by atoms with E-state index < -0.39 is 0 Å². The Hall–Kier alpha value is -2.75. The molecular formula is C21H20FNO2. The van der Waals surface area contributed by atoms with E-state index in [1.807, 2.05) is 32.0 Å². The van der Waals surface area contributed by atoms with Crippen LogP contribution in [-0.2, 0) is 6.42 Å². The van der Waals surface area contributed by atoms with Gasteiger partial charge in [-0.15, -0.1) is 0 Å². The Morgan fingerprint density at radius 2 is 1.84 bits per heavy atom. The molecule has 2 aromatic carbocycles. The summed E-state index contributed by atoms with van der Waals surface area (Å²) in [6.45, 7) is 4.20. The topological polar surface area (TPSA) is 39.2 Å². The van der Waals surface area contributed by atoms with Crippen LogP contribution >= 0.6 is 0 Å². The van der Waals surface area contributed by atoms with Gasteiger partial charge in [-0.3, -0.25) is 9.78 Å². The third kappa shape index (κ3) is 3.68. The molecule has 3 nitrogen and oxygen atoms in total. The third-order valence-electron chi connectivity index (χ3n) is 4.09. The molecule has 1 aromatic heterocycles. The summed E-state index contributed by atoms with van der Waals surface area (Å²) >= 11 is 0. The van der Waals surface area contributed by atoms with Crippen LogP contribution in [0.3, 0.4) is 0 Å². The fourth-order valence-electron chi connectivity index (χ4n) is 2.86. The fourth-order valence-corrected chi connectivity index (χ4v) is 2.86. The van der Waals surface area contributed by atoms with Crippen LogP contribution in [0.25, 0.3) is 10.9 Å². The monoisotopic (exact) mass is 337 g/mol. The van der Waals surface area contributed by atoms with Gasteiger partial charge in [0.05, 0.1) is 12.2 Å². The van der Waals surface area contributed by atoms with Crippen LogP contribution in [0, 0.1) is 5.82 Å². The average Bonchev–Trinajstić information content (AvgIpc) is 2.63. The van der Waals surface area contributed by atoms with Crippen LogP contribution in [0.4, 0.5) is 4.39 Å². The van der Waals surface area contributed by atoms with Gasteiger partial charge in [-0.05, 0) is 48.7 Å². The molecule has 0 aliphatic rings. The van der Waals surface area contributed by atoms with E-state index in [2.05, 4.69) is 4.98 Å². The summed E-state index contributed by atoms with van der Waals surface area (Å²) in [5, 5.41) is 0.927. The standard InChI is InChI=1S/C21H20FNO2/c1-3-19(24)18-10-7-16-12-15(11-14-5-8-17(22)9-6-14)13-23-20(16)21(18)25-4-2/h5-10,12-13H,3-4,11H2,1-2H3. The van der Waals surface area contributed by atoms with Crippen molar-refractivity contribution in [1.82, 2.24) is 4.98 Å². The Balaban J connectivity index is 2.00. The Morgan fingerprint density at radius 1 is 1.08 bits per heavy atom. The van der Waals surface area contributed by atoms with Gasteiger partial charge >= 0.3 is 0 Å². The maximum Gasteiger partial charge on any atom is 0.166 e. The number of hydrogen-bond donors (Lipinski definition) is 0. The molecule has 3 aromatic rings.